The maximum atomic E-state index is 10.5. The van der Waals surface area contributed by atoms with Crippen LogP contribution in [-0.4, -0.2) is 4.57 Å². The molecule has 1 aliphatic carbocycles. The van der Waals surface area contributed by atoms with E-state index < -0.39 is 0 Å². The molecule has 0 amide bonds. The number of hydrogen-bond donors (Lipinski definition) is 0. The van der Waals surface area contributed by atoms with Crippen molar-refractivity contribution in [2.24, 2.45) is 0 Å². The molecule has 6 aromatic carbocycles. The van der Waals surface area contributed by atoms with Gasteiger partial charge in [-0.3, -0.25) is 0 Å². The van der Waals surface area contributed by atoms with Crippen molar-refractivity contribution in [3.05, 3.63) is 138 Å². The van der Waals surface area contributed by atoms with E-state index in [9.17, 15) is 10.5 Å². The molecule has 0 bridgehead atoms. The monoisotopic (exact) mass is 591 g/mol. The van der Waals surface area contributed by atoms with Crippen molar-refractivity contribution in [2.45, 2.75) is 19.3 Å². The predicted molar refractivity (Wildman–Crippen MR) is 186 cm³/mol. The summed E-state index contributed by atoms with van der Waals surface area (Å²) in [5, 5.41) is 24.7. The van der Waals surface area contributed by atoms with Gasteiger partial charge < -0.3 is 4.57 Å². The van der Waals surface area contributed by atoms with E-state index in [-0.39, 0.29) is 5.41 Å². The van der Waals surface area contributed by atoms with Crippen molar-refractivity contribution < 1.29 is 0 Å². The maximum Gasteiger partial charge on any atom is 0.101 e. The summed E-state index contributed by atoms with van der Waals surface area (Å²) in [6.45, 7) is 4.65. The maximum absolute atomic E-state index is 10.5. The number of aromatic nitrogens is 1. The molecule has 3 nitrogen and oxygen atoms in total. The van der Waals surface area contributed by atoms with Gasteiger partial charge >= 0.3 is 0 Å². The van der Waals surface area contributed by atoms with E-state index in [0.29, 0.717) is 11.1 Å². The summed E-state index contributed by atoms with van der Waals surface area (Å²) in [4.78, 5) is 0. The number of hydrogen-bond acceptors (Lipinski definition) is 3. The highest BCUT2D eigenvalue weighted by molar-refractivity contribution is 7.26. The number of nitriles is 2. The molecule has 210 valence electrons. The highest BCUT2D eigenvalue weighted by atomic mass is 32.1. The molecule has 45 heavy (non-hydrogen) atoms. The van der Waals surface area contributed by atoms with E-state index in [1.54, 1.807) is 0 Å². The lowest BCUT2D eigenvalue weighted by Crippen LogP contribution is -2.14. The lowest BCUT2D eigenvalue weighted by Gasteiger charge is -2.21. The smallest absolute Gasteiger partial charge is 0.101 e. The van der Waals surface area contributed by atoms with Crippen molar-refractivity contribution in [3.63, 3.8) is 0 Å². The molecule has 4 heteroatoms. The average molecular weight is 592 g/mol. The highest BCUT2D eigenvalue weighted by Crippen LogP contribution is 2.52. The summed E-state index contributed by atoms with van der Waals surface area (Å²) < 4.78 is 4.71. The van der Waals surface area contributed by atoms with Crippen molar-refractivity contribution in [2.75, 3.05) is 0 Å². The predicted octanol–water partition coefficient (Wildman–Crippen LogP) is 10.9. The van der Waals surface area contributed by atoms with E-state index in [1.165, 1.54) is 42.4 Å². The van der Waals surface area contributed by atoms with Crippen molar-refractivity contribution >= 4 is 53.3 Å². The zero-order valence-electron chi connectivity index (χ0n) is 24.7. The molecule has 0 unspecified atom stereocenters. The van der Waals surface area contributed by atoms with E-state index in [0.717, 1.165) is 38.6 Å². The number of fused-ring (bicyclic) bond motifs is 9. The number of thiophene rings is 1. The van der Waals surface area contributed by atoms with Crippen LogP contribution in [0.2, 0.25) is 0 Å². The van der Waals surface area contributed by atoms with Crippen LogP contribution in [0, 0.1) is 22.7 Å². The second-order valence-corrected chi connectivity index (χ2v) is 13.4. The fraction of sp³-hybridized carbons (Fsp3) is 0.0732. The van der Waals surface area contributed by atoms with Gasteiger partial charge in [0.25, 0.3) is 0 Å². The summed E-state index contributed by atoms with van der Waals surface area (Å²) in [6.07, 6.45) is 0. The van der Waals surface area contributed by atoms with Gasteiger partial charge in [-0.2, -0.15) is 10.5 Å². The van der Waals surface area contributed by atoms with Crippen LogP contribution >= 0.6 is 11.3 Å². The van der Waals surface area contributed by atoms with Gasteiger partial charge in [-0.1, -0.05) is 80.6 Å². The third kappa shape index (κ3) is 3.43. The zero-order valence-corrected chi connectivity index (χ0v) is 25.5. The van der Waals surface area contributed by atoms with Gasteiger partial charge in [0, 0.05) is 41.9 Å². The van der Waals surface area contributed by atoms with Gasteiger partial charge in [0.15, 0.2) is 0 Å². The molecule has 0 saturated carbocycles. The molecule has 0 aliphatic heterocycles. The molecule has 2 heterocycles. The summed E-state index contributed by atoms with van der Waals surface area (Å²) in [5.74, 6) is 0. The van der Waals surface area contributed by atoms with Gasteiger partial charge in [0.1, 0.15) is 6.07 Å². The number of rotatable bonds is 2. The minimum atomic E-state index is -0.0602. The van der Waals surface area contributed by atoms with Crippen LogP contribution in [0.5, 0.6) is 0 Å². The summed E-state index contributed by atoms with van der Waals surface area (Å²) in [7, 11) is 0. The molecule has 0 atom stereocenters. The van der Waals surface area contributed by atoms with Crippen molar-refractivity contribution in [3.8, 4) is 40.1 Å². The first-order valence-electron chi connectivity index (χ1n) is 15.1. The highest BCUT2D eigenvalue weighted by Gasteiger charge is 2.36. The first-order valence-corrected chi connectivity index (χ1v) is 15.9. The van der Waals surface area contributed by atoms with Crippen LogP contribution in [-0.2, 0) is 5.41 Å². The van der Waals surface area contributed by atoms with Crippen LogP contribution < -0.4 is 0 Å². The standard InChI is InChI=1S/C41H25N3S/c1-41(2)33-14-5-3-10-26(33)30-20-32-38(21-34(30)41)45-37-16-8-12-28(39(32)37)29-13-7-9-25(23-43)40(29)44-35-15-6-4-11-27(35)31-19-24(22-42)17-18-36(31)44/h3-21H,1-2H3. The second kappa shape index (κ2) is 9.16. The molecule has 8 aromatic rings. The Bertz CT molecular complexity index is 2650. The van der Waals surface area contributed by atoms with E-state index in [1.807, 2.05) is 53.8 Å². The topological polar surface area (TPSA) is 52.5 Å². The summed E-state index contributed by atoms with van der Waals surface area (Å²) in [6, 6.07) is 45.1. The normalized spacial score (nSPS) is 13.2. The minimum absolute atomic E-state index is 0.0602. The Morgan fingerprint density at radius 1 is 0.578 bits per heavy atom. The second-order valence-electron chi connectivity index (χ2n) is 12.4. The fourth-order valence-electron chi connectivity index (χ4n) is 7.62. The first kappa shape index (κ1) is 25.8. The quantitative estimate of drug-likeness (QED) is 0.201. The molecular formula is C41H25N3S. The Labute approximate surface area is 264 Å². The van der Waals surface area contributed by atoms with Crippen LogP contribution in [0.4, 0.5) is 0 Å². The van der Waals surface area contributed by atoms with Crippen molar-refractivity contribution in [1.29, 1.82) is 10.5 Å². The lowest BCUT2D eigenvalue weighted by molar-refractivity contribution is 0.661. The van der Waals surface area contributed by atoms with Crippen LogP contribution in [0.1, 0.15) is 36.1 Å². The summed E-state index contributed by atoms with van der Waals surface area (Å²) in [5.41, 5.74) is 11.5. The Morgan fingerprint density at radius 2 is 1.33 bits per heavy atom. The molecule has 1 aliphatic rings. The zero-order chi connectivity index (χ0) is 30.4. The van der Waals surface area contributed by atoms with Gasteiger partial charge in [-0.25, -0.2) is 0 Å². The Balaban J connectivity index is 1.39. The average Bonchev–Trinajstić information content (AvgIpc) is 3.68. The molecular weight excluding hydrogens is 567 g/mol. The molecule has 0 fully saturated rings. The summed E-state index contributed by atoms with van der Waals surface area (Å²) >= 11 is 1.84. The van der Waals surface area contributed by atoms with Gasteiger partial charge in [0.2, 0.25) is 0 Å². The van der Waals surface area contributed by atoms with Crippen molar-refractivity contribution in [1.82, 2.24) is 4.57 Å². The number of para-hydroxylation sites is 2. The Morgan fingerprint density at radius 3 is 2.20 bits per heavy atom. The van der Waals surface area contributed by atoms with E-state index in [2.05, 4.69) is 103 Å². The minimum Gasteiger partial charge on any atom is -0.307 e. The third-order valence-electron chi connectivity index (χ3n) is 9.67. The SMILES string of the molecule is CC1(C)c2ccccc2-c2cc3c(cc21)sc1cccc(-c2cccc(C#N)c2-n2c4ccccc4c4cc(C#N)ccc42)c13. The Hall–Kier alpha value is -5.68. The van der Waals surface area contributed by atoms with Crippen LogP contribution in [0.25, 0.3) is 69.9 Å². The lowest BCUT2D eigenvalue weighted by atomic mass is 9.82. The van der Waals surface area contributed by atoms with Crippen LogP contribution in [0.3, 0.4) is 0 Å². The van der Waals surface area contributed by atoms with E-state index in [4.69, 9.17) is 0 Å². The molecule has 9 rings (SSSR count). The molecule has 0 radical (unpaired) electrons. The fourth-order valence-corrected chi connectivity index (χ4v) is 8.77. The van der Waals surface area contributed by atoms with Gasteiger partial charge in [-0.05, 0) is 76.3 Å². The van der Waals surface area contributed by atoms with E-state index >= 15 is 0 Å². The molecule has 2 aromatic heterocycles. The number of benzene rings is 6. The molecule has 0 saturated heterocycles. The third-order valence-corrected chi connectivity index (χ3v) is 10.8. The molecule has 0 N–H and O–H groups in total. The largest absolute Gasteiger partial charge is 0.307 e. The van der Waals surface area contributed by atoms with Crippen LogP contribution in [0.15, 0.2) is 115 Å². The van der Waals surface area contributed by atoms with Gasteiger partial charge in [0.05, 0.1) is 33.9 Å². The first-order chi connectivity index (χ1) is 22.0. The number of nitrogens with zero attached hydrogens (tertiary/aromatic N) is 3. The Kier molecular flexibility index (Phi) is 5.25. The van der Waals surface area contributed by atoms with Gasteiger partial charge in [-0.15, -0.1) is 11.3 Å². The molecule has 0 spiro atoms.